The van der Waals surface area contributed by atoms with Crippen LogP contribution in [0.15, 0.2) is 36.9 Å². The highest BCUT2D eigenvalue weighted by molar-refractivity contribution is 6.06. The van der Waals surface area contributed by atoms with Gasteiger partial charge in [0.25, 0.3) is 0 Å². The van der Waals surface area contributed by atoms with Crippen LogP contribution in [-0.2, 0) is 4.74 Å². The number of allylic oxidation sites excluding steroid dienone is 1. The number of carbonyl (C=O) groups excluding carboxylic acids is 2. The van der Waals surface area contributed by atoms with Crippen LogP contribution in [0.4, 0.5) is 4.79 Å². The molecule has 3 rings (SSSR count). The summed E-state index contributed by atoms with van der Waals surface area (Å²) >= 11 is 0. The second kappa shape index (κ2) is 8.47. The average molecular weight is 382 g/mol. The summed E-state index contributed by atoms with van der Waals surface area (Å²) in [5, 5.41) is 10.1. The van der Waals surface area contributed by atoms with Gasteiger partial charge < -0.3 is 9.47 Å². The van der Waals surface area contributed by atoms with Gasteiger partial charge >= 0.3 is 6.09 Å². The van der Waals surface area contributed by atoms with Crippen LogP contribution in [0.25, 0.3) is 0 Å². The summed E-state index contributed by atoms with van der Waals surface area (Å²) in [5.41, 5.74) is -1.20. The molecular weight excluding hydrogens is 356 g/mol. The fourth-order valence-corrected chi connectivity index (χ4v) is 4.19. The van der Waals surface area contributed by atoms with Gasteiger partial charge in [-0.05, 0) is 38.3 Å². The standard InChI is InChI=1S/C22H26N2O4/c1-3-14-22(15-23)19(25)17-12-8-9-13-18(17)28-20(22)24(21(26)27-4-2)16-10-6-5-7-11-16/h3,8-9,12-13,16,20H,1,4-7,10-11,14H2,2H3/t20-,22+/m1/s1. The van der Waals surface area contributed by atoms with E-state index in [1.165, 1.54) is 11.0 Å². The van der Waals surface area contributed by atoms with Crippen LogP contribution >= 0.6 is 0 Å². The Hall–Kier alpha value is -2.81. The van der Waals surface area contributed by atoms with Crippen molar-refractivity contribution in [3.63, 3.8) is 0 Å². The molecule has 1 aromatic carbocycles. The van der Waals surface area contributed by atoms with Gasteiger partial charge in [-0.25, -0.2) is 4.79 Å². The molecule has 1 amide bonds. The van der Waals surface area contributed by atoms with E-state index in [0.717, 1.165) is 32.1 Å². The first-order valence-electron chi connectivity index (χ1n) is 9.86. The first-order chi connectivity index (χ1) is 13.6. The van der Waals surface area contributed by atoms with Crippen LogP contribution in [-0.4, -0.2) is 35.7 Å². The van der Waals surface area contributed by atoms with Crippen molar-refractivity contribution in [2.45, 2.75) is 57.7 Å². The van der Waals surface area contributed by atoms with Crippen LogP contribution < -0.4 is 4.74 Å². The lowest BCUT2D eigenvalue weighted by molar-refractivity contribution is -0.0628. The molecule has 0 radical (unpaired) electrons. The quantitative estimate of drug-likeness (QED) is 0.702. The SMILES string of the molecule is C=CC[C@]1(C#N)C(=O)c2ccccc2O[C@H]1N(C(=O)OCC)C1CCCCC1. The Kier molecular flexibility index (Phi) is 6.03. The first-order valence-corrected chi connectivity index (χ1v) is 9.86. The zero-order chi connectivity index (χ0) is 20.1. The number of para-hydroxylation sites is 1. The van der Waals surface area contributed by atoms with E-state index >= 15 is 0 Å². The summed E-state index contributed by atoms with van der Waals surface area (Å²) in [6.07, 6.45) is 4.69. The normalized spacial score (nSPS) is 24.4. The van der Waals surface area contributed by atoms with E-state index in [2.05, 4.69) is 12.6 Å². The van der Waals surface area contributed by atoms with Gasteiger partial charge in [0.15, 0.2) is 11.2 Å². The minimum absolute atomic E-state index is 0.0873. The molecule has 28 heavy (non-hydrogen) atoms. The number of amides is 1. The third kappa shape index (κ3) is 3.37. The lowest BCUT2D eigenvalue weighted by atomic mass is 9.74. The molecule has 1 aliphatic heterocycles. The van der Waals surface area contributed by atoms with Gasteiger partial charge in [0, 0.05) is 6.04 Å². The van der Waals surface area contributed by atoms with E-state index in [4.69, 9.17) is 9.47 Å². The molecule has 1 heterocycles. The molecule has 0 saturated heterocycles. The van der Waals surface area contributed by atoms with Crippen molar-refractivity contribution in [1.29, 1.82) is 5.26 Å². The van der Waals surface area contributed by atoms with Gasteiger partial charge in [-0.15, -0.1) is 6.58 Å². The highest BCUT2D eigenvalue weighted by atomic mass is 16.6. The van der Waals surface area contributed by atoms with Crippen LogP contribution in [0.1, 0.15) is 55.8 Å². The predicted octanol–water partition coefficient (Wildman–Crippen LogP) is 4.47. The molecule has 0 spiro atoms. The van der Waals surface area contributed by atoms with Gasteiger partial charge in [-0.3, -0.25) is 9.69 Å². The van der Waals surface area contributed by atoms with Crippen molar-refractivity contribution in [3.8, 4) is 11.8 Å². The van der Waals surface area contributed by atoms with Gasteiger partial charge in [0.2, 0.25) is 6.23 Å². The zero-order valence-corrected chi connectivity index (χ0v) is 16.2. The molecule has 2 atom stereocenters. The van der Waals surface area contributed by atoms with Crippen molar-refractivity contribution in [2.24, 2.45) is 5.41 Å². The molecule has 2 aliphatic rings. The maximum absolute atomic E-state index is 13.4. The molecule has 6 heteroatoms. The van der Waals surface area contributed by atoms with E-state index < -0.39 is 17.7 Å². The Bertz CT molecular complexity index is 794. The summed E-state index contributed by atoms with van der Waals surface area (Å²) in [7, 11) is 0. The van der Waals surface area contributed by atoms with Crippen LogP contribution in [0.2, 0.25) is 0 Å². The van der Waals surface area contributed by atoms with E-state index in [-0.39, 0.29) is 24.9 Å². The molecule has 1 aliphatic carbocycles. The Labute approximate surface area is 165 Å². The minimum atomic E-state index is -1.56. The summed E-state index contributed by atoms with van der Waals surface area (Å²) in [5.74, 6) is 0.0457. The number of carbonyl (C=O) groups is 2. The summed E-state index contributed by atoms with van der Waals surface area (Å²) < 4.78 is 11.5. The maximum Gasteiger partial charge on any atom is 0.412 e. The van der Waals surface area contributed by atoms with Crippen LogP contribution in [0.5, 0.6) is 5.75 Å². The average Bonchev–Trinajstić information content (AvgIpc) is 2.72. The molecule has 148 valence electrons. The zero-order valence-electron chi connectivity index (χ0n) is 16.2. The largest absolute Gasteiger partial charge is 0.467 e. The number of fused-ring (bicyclic) bond motifs is 1. The fourth-order valence-electron chi connectivity index (χ4n) is 4.19. The summed E-state index contributed by atoms with van der Waals surface area (Å²) in [6, 6.07) is 8.90. The van der Waals surface area contributed by atoms with Crippen molar-refractivity contribution < 1.29 is 19.1 Å². The summed E-state index contributed by atoms with van der Waals surface area (Å²) in [4.78, 5) is 27.9. The van der Waals surface area contributed by atoms with Crippen LogP contribution in [0, 0.1) is 16.7 Å². The van der Waals surface area contributed by atoms with E-state index in [1.54, 1.807) is 31.2 Å². The number of hydrogen-bond donors (Lipinski definition) is 0. The second-order valence-corrected chi connectivity index (χ2v) is 7.27. The number of nitrogens with zero attached hydrogens (tertiary/aromatic N) is 2. The van der Waals surface area contributed by atoms with Crippen molar-refractivity contribution in [1.82, 2.24) is 4.90 Å². The molecule has 0 aromatic heterocycles. The smallest absolute Gasteiger partial charge is 0.412 e. The van der Waals surface area contributed by atoms with Gasteiger partial charge in [0.05, 0.1) is 18.2 Å². The Morgan fingerprint density at radius 2 is 2.11 bits per heavy atom. The van der Waals surface area contributed by atoms with Crippen molar-refractivity contribution in [3.05, 3.63) is 42.5 Å². The summed E-state index contributed by atoms with van der Waals surface area (Å²) in [6.45, 7) is 5.68. The molecule has 1 aromatic rings. The van der Waals surface area contributed by atoms with Gasteiger partial charge in [0.1, 0.15) is 5.75 Å². The highest BCUT2D eigenvalue weighted by Gasteiger charge is 2.56. The van der Waals surface area contributed by atoms with E-state index in [1.807, 2.05) is 0 Å². The number of nitriles is 1. The van der Waals surface area contributed by atoms with Crippen molar-refractivity contribution in [2.75, 3.05) is 6.61 Å². The second-order valence-electron chi connectivity index (χ2n) is 7.27. The number of hydrogen-bond acceptors (Lipinski definition) is 5. The maximum atomic E-state index is 13.4. The number of ether oxygens (including phenoxy) is 2. The van der Waals surface area contributed by atoms with Crippen LogP contribution in [0.3, 0.4) is 0 Å². The third-order valence-electron chi connectivity index (χ3n) is 5.56. The Morgan fingerprint density at radius 1 is 1.39 bits per heavy atom. The first kappa shape index (κ1) is 19.9. The van der Waals surface area contributed by atoms with E-state index in [0.29, 0.717) is 11.3 Å². The molecular formula is C22H26N2O4. The molecule has 1 saturated carbocycles. The molecule has 6 nitrogen and oxygen atoms in total. The predicted molar refractivity (Wildman–Crippen MR) is 104 cm³/mol. The third-order valence-corrected chi connectivity index (χ3v) is 5.56. The number of benzene rings is 1. The molecule has 0 unspecified atom stereocenters. The van der Waals surface area contributed by atoms with Crippen molar-refractivity contribution >= 4 is 11.9 Å². The lowest BCUT2D eigenvalue weighted by Crippen LogP contribution is -2.61. The lowest BCUT2D eigenvalue weighted by Gasteiger charge is -2.46. The number of ketones is 1. The topological polar surface area (TPSA) is 79.6 Å². The number of rotatable bonds is 5. The molecule has 1 fully saturated rings. The highest BCUT2D eigenvalue weighted by Crippen LogP contribution is 2.44. The monoisotopic (exact) mass is 382 g/mol. The number of Topliss-reactive ketones (excluding diaryl/α,β-unsaturated/α-hetero) is 1. The fraction of sp³-hybridized carbons (Fsp3) is 0.500. The Balaban J connectivity index is 2.12. The van der Waals surface area contributed by atoms with Gasteiger partial charge in [-0.1, -0.05) is 37.5 Å². The molecule has 0 bridgehead atoms. The van der Waals surface area contributed by atoms with E-state index in [9.17, 15) is 14.9 Å². The molecule has 0 N–H and O–H groups in total. The Morgan fingerprint density at radius 3 is 2.75 bits per heavy atom. The minimum Gasteiger partial charge on any atom is -0.467 e. The van der Waals surface area contributed by atoms with Gasteiger partial charge in [-0.2, -0.15) is 5.26 Å².